The molecule has 0 radical (unpaired) electrons. The number of aliphatic imine (C=N–C) groups is 1. The van der Waals surface area contributed by atoms with Crippen molar-refractivity contribution in [3.63, 3.8) is 0 Å². The van der Waals surface area contributed by atoms with Gasteiger partial charge in [0.05, 0.1) is 0 Å². The van der Waals surface area contributed by atoms with Crippen molar-refractivity contribution in [2.45, 2.75) is 26.7 Å². The first-order valence-electron chi connectivity index (χ1n) is 7.06. The number of nitrogens with zero attached hydrogens (tertiary/aromatic N) is 1. The SMILES string of the molecule is CC(C)CN=C(N)NCCCC(=O)Nc1ccc(Cl)cc1.I. The van der Waals surface area contributed by atoms with Crippen molar-refractivity contribution in [1.29, 1.82) is 0 Å². The van der Waals surface area contributed by atoms with Crippen LogP contribution >= 0.6 is 35.6 Å². The molecule has 0 saturated carbocycles. The van der Waals surface area contributed by atoms with Gasteiger partial charge < -0.3 is 16.4 Å². The van der Waals surface area contributed by atoms with Crippen molar-refractivity contribution >= 4 is 53.1 Å². The Balaban J connectivity index is 0.00000441. The highest BCUT2D eigenvalue weighted by Gasteiger charge is 2.02. The molecule has 5 nitrogen and oxygen atoms in total. The van der Waals surface area contributed by atoms with E-state index in [1.54, 1.807) is 24.3 Å². The zero-order valence-electron chi connectivity index (χ0n) is 12.9. The van der Waals surface area contributed by atoms with Gasteiger partial charge in [-0.05, 0) is 36.6 Å². The minimum Gasteiger partial charge on any atom is -0.370 e. The Bertz CT molecular complexity index is 477. The molecule has 1 aromatic carbocycles. The van der Waals surface area contributed by atoms with E-state index >= 15 is 0 Å². The fourth-order valence-electron chi connectivity index (χ4n) is 1.56. The molecule has 0 aliphatic rings. The van der Waals surface area contributed by atoms with E-state index in [-0.39, 0.29) is 29.9 Å². The third-order valence-corrected chi connectivity index (χ3v) is 2.89. The molecule has 0 heterocycles. The maximum Gasteiger partial charge on any atom is 0.224 e. The quantitative estimate of drug-likeness (QED) is 0.265. The van der Waals surface area contributed by atoms with Gasteiger partial charge in [-0.25, -0.2) is 0 Å². The molecule has 0 aromatic heterocycles. The van der Waals surface area contributed by atoms with Gasteiger partial charge in [0.25, 0.3) is 0 Å². The maximum absolute atomic E-state index is 11.7. The molecular formula is C15H24ClIN4O. The standard InChI is InChI=1S/C15H23ClN4O.HI/c1-11(2)10-19-15(17)18-9-3-4-14(21)20-13-7-5-12(16)6-8-13;/h5-8,11H,3-4,9-10H2,1-2H3,(H,20,21)(H3,17,18,19);1H. The van der Waals surface area contributed by atoms with Crippen LogP contribution in [0.1, 0.15) is 26.7 Å². The molecule has 22 heavy (non-hydrogen) atoms. The van der Waals surface area contributed by atoms with Gasteiger partial charge in [0, 0.05) is 30.2 Å². The zero-order chi connectivity index (χ0) is 15.7. The summed E-state index contributed by atoms with van der Waals surface area (Å²) >= 11 is 5.78. The second-order valence-corrected chi connectivity index (χ2v) is 5.64. The number of carbonyl (C=O) groups excluding carboxylic acids is 1. The van der Waals surface area contributed by atoms with Crippen LogP contribution in [0.3, 0.4) is 0 Å². The molecule has 7 heteroatoms. The highest BCUT2D eigenvalue weighted by Crippen LogP contribution is 2.13. The minimum absolute atomic E-state index is 0. The number of halogens is 2. The molecule has 1 aromatic rings. The fourth-order valence-corrected chi connectivity index (χ4v) is 1.68. The summed E-state index contributed by atoms with van der Waals surface area (Å²) in [4.78, 5) is 15.9. The monoisotopic (exact) mass is 438 g/mol. The molecule has 0 fully saturated rings. The summed E-state index contributed by atoms with van der Waals surface area (Å²) in [5, 5.41) is 6.45. The first-order valence-corrected chi connectivity index (χ1v) is 7.44. The number of rotatable bonds is 7. The third-order valence-electron chi connectivity index (χ3n) is 2.64. The van der Waals surface area contributed by atoms with Crippen LogP contribution in [0.4, 0.5) is 5.69 Å². The van der Waals surface area contributed by atoms with Gasteiger partial charge in [0.1, 0.15) is 0 Å². The summed E-state index contributed by atoms with van der Waals surface area (Å²) in [5.41, 5.74) is 6.45. The van der Waals surface area contributed by atoms with E-state index in [9.17, 15) is 4.79 Å². The highest BCUT2D eigenvalue weighted by molar-refractivity contribution is 14.0. The normalized spacial score (nSPS) is 11.0. The molecule has 1 rings (SSSR count). The lowest BCUT2D eigenvalue weighted by Gasteiger charge is -2.07. The van der Waals surface area contributed by atoms with Gasteiger partial charge in [-0.3, -0.25) is 9.79 Å². The Labute approximate surface area is 154 Å². The minimum atomic E-state index is -0.0307. The van der Waals surface area contributed by atoms with Crippen LogP contribution in [0.5, 0.6) is 0 Å². The Morgan fingerprint density at radius 1 is 1.32 bits per heavy atom. The molecule has 124 valence electrons. The number of hydrogen-bond acceptors (Lipinski definition) is 2. The van der Waals surface area contributed by atoms with Crippen LogP contribution in [0, 0.1) is 5.92 Å². The number of carbonyl (C=O) groups is 1. The van der Waals surface area contributed by atoms with E-state index < -0.39 is 0 Å². The lowest BCUT2D eigenvalue weighted by atomic mass is 10.2. The summed E-state index contributed by atoms with van der Waals surface area (Å²) in [6.07, 6.45) is 1.12. The van der Waals surface area contributed by atoms with Gasteiger partial charge in [-0.1, -0.05) is 25.4 Å². The fraction of sp³-hybridized carbons (Fsp3) is 0.467. The smallest absolute Gasteiger partial charge is 0.224 e. The van der Waals surface area contributed by atoms with Crippen molar-refractivity contribution in [3.05, 3.63) is 29.3 Å². The van der Waals surface area contributed by atoms with Crippen molar-refractivity contribution in [2.75, 3.05) is 18.4 Å². The van der Waals surface area contributed by atoms with E-state index in [1.165, 1.54) is 0 Å². The molecular weight excluding hydrogens is 415 g/mol. The van der Waals surface area contributed by atoms with Gasteiger partial charge in [-0.15, -0.1) is 24.0 Å². The molecule has 0 unspecified atom stereocenters. The van der Waals surface area contributed by atoms with Crippen LogP contribution in [0.2, 0.25) is 5.02 Å². The van der Waals surface area contributed by atoms with E-state index in [2.05, 4.69) is 29.5 Å². The largest absolute Gasteiger partial charge is 0.370 e. The molecule has 4 N–H and O–H groups in total. The van der Waals surface area contributed by atoms with Crippen LogP contribution in [0.25, 0.3) is 0 Å². The predicted octanol–water partition coefficient (Wildman–Crippen LogP) is 3.24. The van der Waals surface area contributed by atoms with Gasteiger partial charge in [-0.2, -0.15) is 0 Å². The summed E-state index contributed by atoms with van der Waals surface area (Å²) in [7, 11) is 0. The van der Waals surface area contributed by atoms with Crippen LogP contribution in [-0.2, 0) is 4.79 Å². The number of benzene rings is 1. The number of hydrogen-bond donors (Lipinski definition) is 3. The summed E-state index contributed by atoms with van der Waals surface area (Å²) < 4.78 is 0. The average Bonchev–Trinajstić information content (AvgIpc) is 2.44. The number of nitrogens with one attached hydrogen (secondary N) is 2. The lowest BCUT2D eigenvalue weighted by Crippen LogP contribution is -2.33. The predicted molar refractivity (Wildman–Crippen MR) is 104 cm³/mol. The first-order chi connectivity index (χ1) is 9.97. The van der Waals surface area contributed by atoms with Crippen LogP contribution in [0.15, 0.2) is 29.3 Å². The molecule has 0 spiro atoms. The van der Waals surface area contributed by atoms with Gasteiger partial charge in [0.15, 0.2) is 5.96 Å². The maximum atomic E-state index is 11.7. The number of amides is 1. The average molecular weight is 439 g/mol. The van der Waals surface area contributed by atoms with Crippen molar-refractivity contribution in [3.8, 4) is 0 Å². The molecule has 1 amide bonds. The van der Waals surface area contributed by atoms with E-state index in [4.69, 9.17) is 17.3 Å². The topological polar surface area (TPSA) is 79.5 Å². The van der Waals surface area contributed by atoms with Gasteiger partial charge in [0.2, 0.25) is 5.91 Å². The number of guanidine groups is 1. The molecule has 0 saturated heterocycles. The Hall–Kier alpha value is -1.02. The Morgan fingerprint density at radius 2 is 1.95 bits per heavy atom. The zero-order valence-corrected chi connectivity index (χ0v) is 16.0. The summed E-state index contributed by atoms with van der Waals surface area (Å²) in [6, 6.07) is 7.03. The molecule has 0 atom stereocenters. The summed E-state index contributed by atoms with van der Waals surface area (Å²) in [6.45, 7) is 5.49. The lowest BCUT2D eigenvalue weighted by molar-refractivity contribution is -0.116. The van der Waals surface area contributed by atoms with Crippen molar-refractivity contribution < 1.29 is 4.79 Å². The number of nitrogens with two attached hydrogens (primary N) is 1. The van der Waals surface area contributed by atoms with Crippen molar-refractivity contribution in [2.24, 2.45) is 16.6 Å². The van der Waals surface area contributed by atoms with Crippen LogP contribution in [-0.4, -0.2) is 25.0 Å². The number of anilines is 1. The van der Waals surface area contributed by atoms with Crippen LogP contribution < -0.4 is 16.4 Å². The summed E-state index contributed by atoms with van der Waals surface area (Å²) in [5.74, 6) is 0.883. The Kier molecular flexibility index (Phi) is 11.0. The molecule has 0 aliphatic carbocycles. The first kappa shape index (κ1) is 21.0. The van der Waals surface area contributed by atoms with Gasteiger partial charge >= 0.3 is 0 Å². The van der Waals surface area contributed by atoms with E-state index in [0.717, 1.165) is 5.69 Å². The second-order valence-electron chi connectivity index (χ2n) is 5.21. The van der Waals surface area contributed by atoms with Crippen molar-refractivity contribution in [1.82, 2.24) is 5.32 Å². The van der Waals surface area contributed by atoms with E-state index in [1.807, 2.05) is 0 Å². The second kappa shape index (κ2) is 11.5. The van der Waals surface area contributed by atoms with E-state index in [0.29, 0.717) is 42.8 Å². The molecule has 0 aliphatic heterocycles. The Morgan fingerprint density at radius 3 is 2.55 bits per heavy atom. The third kappa shape index (κ3) is 9.83. The highest BCUT2D eigenvalue weighted by atomic mass is 127. The molecule has 0 bridgehead atoms.